The number of aryl methyl sites for hydroxylation is 1. The van der Waals surface area contributed by atoms with E-state index in [1.807, 2.05) is 0 Å². The van der Waals surface area contributed by atoms with Crippen LogP contribution in [0.15, 0.2) is 52.6 Å². The van der Waals surface area contributed by atoms with Gasteiger partial charge in [0.25, 0.3) is 5.91 Å². The number of carbonyl (C=O) groups is 2. The molecule has 34 heavy (non-hydrogen) atoms. The first-order valence-corrected chi connectivity index (χ1v) is 11.7. The molecule has 4 rings (SSSR count). The molecule has 0 atom stereocenters. The van der Waals surface area contributed by atoms with Gasteiger partial charge in [0.15, 0.2) is 5.69 Å². The Kier molecular flexibility index (Phi) is 6.76. The molecule has 0 fully saturated rings. The van der Waals surface area contributed by atoms with Gasteiger partial charge in [-0.15, -0.1) is 11.3 Å². The van der Waals surface area contributed by atoms with Gasteiger partial charge >= 0.3 is 5.97 Å². The number of hydrogen-bond acceptors (Lipinski definition) is 6. The van der Waals surface area contributed by atoms with Gasteiger partial charge in [-0.1, -0.05) is 23.7 Å². The van der Waals surface area contributed by atoms with Crippen LogP contribution < -0.4 is 10.7 Å². The van der Waals surface area contributed by atoms with Crippen LogP contribution in [-0.2, 0) is 11.3 Å². The van der Waals surface area contributed by atoms with Crippen molar-refractivity contribution in [2.45, 2.75) is 20.4 Å². The van der Waals surface area contributed by atoms with Crippen LogP contribution in [0.4, 0.5) is 9.39 Å². The smallest absolute Gasteiger partial charge is 0.341 e. The molecule has 0 aliphatic heterocycles. The van der Waals surface area contributed by atoms with E-state index in [1.54, 1.807) is 43.5 Å². The number of ether oxygens (including phenoxy) is 1. The van der Waals surface area contributed by atoms with E-state index in [2.05, 4.69) is 10.4 Å². The van der Waals surface area contributed by atoms with Crippen molar-refractivity contribution in [1.82, 2.24) is 9.78 Å². The van der Waals surface area contributed by atoms with Crippen LogP contribution in [0, 0.1) is 5.82 Å². The number of halogens is 2. The number of fused-ring (bicyclic) bond motifs is 1. The number of anilines is 1. The first-order chi connectivity index (χ1) is 16.3. The highest BCUT2D eigenvalue weighted by atomic mass is 35.5. The summed E-state index contributed by atoms with van der Waals surface area (Å²) in [6.45, 7) is 3.96. The van der Waals surface area contributed by atoms with Crippen molar-refractivity contribution in [1.29, 1.82) is 0 Å². The van der Waals surface area contributed by atoms with Crippen LogP contribution >= 0.6 is 22.9 Å². The van der Waals surface area contributed by atoms with Gasteiger partial charge in [0.2, 0.25) is 5.43 Å². The maximum absolute atomic E-state index is 13.8. The topological polar surface area (TPSA) is 90.3 Å². The maximum Gasteiger partial charge on any atom is 0.341 e. The maximum atomic E-state index is 13.8. The fraction of sp³-hybridized carbons (Fsp3) is 0.167. The Hall–Kier alpha value is -3.56. The zero-order chi connectivity index (χ0) is 24.4. The Labute approximate surface area is 202 Å². The van der Waals surface area contributed by atoms with Crippen LogP contribution in [-0.4, -0.2) is 28.3 Å². The second-order valence-corrected chi connectivity index (χ2v) is 8.51. The van der Waals surface area contributed by atoms with Gasteiger partial charge in [-0.25, -0.2) is 9.18 Å². The van der Waals surface area contributed by atoms with Crippen LogP contribution in [0.2, 0.25) is 5.02 Å². The van der Waals surface area contributed by atoms with Crippen molar-refractivity contribution in [2.24, 2.45) is 0 Å². The standard InChI is InChI=1S/C24H19ClFN3O4S/c1-3-29-18-10-9-15(26)11-16(18)21(30)20(28-29)22(31)27-23-19(24(32)33-4-2)17(12-34-23)13-5-7-14(25)8-6-13/h5-12H,3-4H2,1-2H3,(H,27,31). The zero-order valence-electron chi connectivity index (χ0n) is 18.2. The molecule has 0 aliphatic rings. The van der Waals surface area contributed by atoms with Gasteiger partial charge in [0.1, 0.15) is 16.4 Å². The Morgan fingerprint density at radius 3 is 2.59 bits per heavy atom. The molecule has 1 N–H and O–H groups in total. The molecular weight excluding hydrogens is 481 g/mol. The summed E-state index contributed by atoms with van der Waals surface area (Å²) in [4.78, 5) is 38.8. The van der Waals surface area contributed by atoms with Crippen LogP contribution in [0.1, 0.15) is 34.7 Å². The van der Waals surface area contributed by atoms with Gasteiger partial charge in [0, 0.05) is 22.5 Å². The summed E-state index contributed by atoms with van der Waals surface area (Å²) in [5, 5.41) is 9.29. The molecule has 0 radical (unpaired) electrons. The van der Waals surface area contributed by atoms with E-state index in [9.17, 15) is 18.8 Å². The van der Waals surface area contributed by atoms with Crippen molar-refractivity contribution in [2.75, 3.05) is 11.9 Å². The second kappa shape index (κ2) is 9.74. The van der Waals surface area contributed by atoms with E-state index in [0.29, 0.717) is 28.2 Å². The normalized spacial score (nSPS) is 10.9. The summed E-state index contributed by atoms with van der Waals surface area (Å²) < 4.78 is 20.5. The molecule has 2 aromatic heterocycles. The minimum Gasteiger partial charge on any atom is -0.462 e. The summed E-state index contributed by atoms with van der Waals surface area (Å²) in [6, 6.07) is 10.6. The number of amides is 1. The third-order valence-corrected chi connectivity index (χ3v) is 6.23. The van der Waals surface area contributed by atoms with Gasteiger partial charge in [-0.3, -0.25) is 14.3 Å². The monoisotopic (exact) mass is 499 g/mol. The first kappa shape index (κ1) is 23.6. The lowest BCUT2D eigenvalue weighted by atomic mass is 10.0. The first-order valence-electron chi connectivity index (χ1n) is 10.4. The molecule has 4 aromatic rings. The number of rotatable bonds is 6. The fourth-order valence-electron chi connectivity index (χ4n) is 3.51. The molecule has 0 unspecified atom stereocenters. The predicted octanol–water partition coefficient (Wildman–Crippen LogP) is 5.37. The van der Waals surface area contributed by atoms with Crippen LogP contribution in [0.3, 0.4) is 0 Å². The number of esters is 1. The molecule has 0 saturated heterocycles. The van der Waals surface area contributed by atoms with E-state index >= 15 is 0 Å². The van der Waals surface area contributed by atoms with E-state index in [4.69, 9.17) is 16.3 Å². The second-order valence-electron chi connectivity index (χ2n) is 7.19. The van der Waals surface area contributed by atoms with Crippen molar-refractivity contribution >= 4 is 50.7 Å². The van der Waals surface area contributed by atoms with Gasteiger partial charge in [-0.05, 0) is 49.7 Å². The molecule has 0 saturated carbocycles. The van der Waals surface area contributed by atoms with Gasteiger partial charge in [-0.2, -0.15) is 5.10 Å². The van der Waals surface area contributed by atoms with E-state index in [0.717, 1.165) is 17.4 Å². The minimum absolute atomic E-state index is 0.0423. The third kappa shape index (κ3) is 4.44. The lowest BCUT2D eigenvalue weighted by Gasteiger charge is -2.11. The number of nitrogens with zero attached hydrogens (tertiary/aromatic N) is 2. The highest BCUT2D eigenvalue weighted by molar-refractivity contribution is 7.15. The highest BCUT2D eigenvalue weighted by Gasteiger charge is 2.25. The summed E-state index contributed by atoms with van der Waals surface area (Å²) in [6.07, 6.45) is 0. The Bertz CT molecular complexity index is 1460. The predicted molar refractivity (Wildman–Crippen MR) is 130 cm³/mol. The van der Waals surface area contributed by atoms with Gasteiger partial charge in [0.05, 0.1) is 17.5 Å². The summed E-state index contributed by atoms with van der Waals surface area (Å²) >= 11 is 7.09. The number of nitrogens with one attached hydrogen (secondary N) is 1. The summed E-state index contributed by atoms with van der Waals surface area (Å²) in [5.41, 5.74) is 0.718. The average molecular weight is 500 g/mol. The van der Waals surface area contributed by atoms with Crippen LogP contribution in [0.25, 0.3) is 22.0 Å². The Morgan fingerprint density at radius 1 is 1.18 bits per heavy atom. The largest absolute Gasteiger partial charge is 0.462 e. The molecule has 1 amide bonds. The van der Waals surface area contributed by atoms with E-state index < -0.39 is 28.8 Å². The minimum atomic E-state index is -0.812. The molecule has 0 bridgehead atoms. The number of benzene rings is 2. The summed E-state index contributed by atoms with van der Waals surface area (Å²) in [5.74, 6) is -2.03. The number of thiophene rings is 1. The molecule has 2 aromatic carbocycles. The number of aromatic nitrogens is 2. The van der Waals surface area contributed by atoms with E-state index in [-0.39, 0.29) is 22.6 Å². The molecule has 0 aliphatic carbocycles. The number of hydrogen-bond donors (Lipinski definition) is 1. The zero-order valence-corrected chi connectivity index (χ0v) is 19.8. The Balaban J connectivity index is 1.78. The quantitative estimate of drug-likeness (QED) is 0.360. The third-order valence-electron chi connectivity index (χ3n) is 5.08. The lowest BCUT2D eigenvalue weighted by Crippen LogP contribution is -2.27. The lowest BCUT2D eigenvalue weighted by molar-refractivity contribution is 0.0529. The fourth-order valence-corrected chi connectivity index (χ4v) is 4.59. The van der Waals surface area contributed by atoms with Crippen molar-refractivity contribution < 1.29 is 18.7 Å². The summed E-state index contributed by atoms with van der Waals surface area (Å²) in [7, 11) is 0. The van der Waals surface area contributed by atoms with E-state index in [1.165, 1.54) is 16.8 Å². The molecule has 7 nitrogen and oxygen atoms in total. The SMILES string of the molecule is CCOC(=O)c1c(-c2ccc(Cl)cc2)csc1NC(=O)c1nn(CC)c2ccc(F)cc2c1=O. The van der Waals surface area contributed by atoms with Crippen molar-refractivity contribution in [3.63, 3.8) is 0 Å². The molecular formula is C24H19ClFN3O4S. The number of carbonyl (C=O) groups excluding carboxylic acids is 2. The van der Waals surface area contributed by atoms with Gasteiger partial charge < -0.3 is 10.1 Å². The molecule has 2 heterocycles. The van der Waals surface area contributed by atoms with Crippen LogP contribution in [0.5, 0.6) is 0 Å². The molecule has 10 heteroatoms. The molecule has 174 valence electrons. The highest BCUT2D eigenvalue weighted by Crippen LogP contribution is 2.36. The van der Waals surface area contributed by atoms with Crippen molar-refractivity contribution in [3.05, 3.63) is 80.2 Å². The molecule has 0 spiro atoms. The van der Waals surface area contributed by atoms with Crippen molar-refractivity contribution in [3.8, 4) is 11.1 Å². The average Bonchev–Trinajstić information content (AvgIpc) is 3.23. The Morgan fingerprint density at radius 2 is 1.91 bits per heavy atom.